The van der Waals surface area contributed by atoms with Crippen LogP contribution in [-0.2, 0) is 10.4 Å². The molecular weight excluding hydrogens is 544 g/mol. The van der Waals surface area contributed by atoms with Crippen molar-refractivity contribution >= 4 is 34.8 Å². The van der Waals surface area contributed by atoms with E-state index < -0.39 is 42.7 Å². The van der Waals surface area contributed by atoms with Crippen molar-refractivity contribution in [3.63, 3.8) is 0 Å². The van der Waals surface area contributed by atoms with Gasteiger partial charge in [-0.3, -0.25) is 9.69 Å². The fourth-order valence-corrected chi connectivity index (χ4v) is 4.85. The monoisotopic (exact) mass is 565 g/mol. The third-order valence-electron chi connectivity index (χ3n) is 6.40. The second-order valence-electron chi connectivity index (χ2n) is 9.20. The molecule has 2 aliphatic heterocycles. The lowest BCUT2D eigenvalue weighted by Gasteiger charge is -2.45. The van der Waals surface area contributed by atoms with Crippen molar-refractivity contribution in [2.24, 2.45) is 5.16 Å². The first-order valence-electron chi connectivity index (χ1n) is 11.1. The first-order valence-corrected chi connectivity index (χ1v) is 11.9. The Hall–Kier alpha value is -2.47. The zero-order chi connectivity index (χ0) is 27.2. The van der Waals surface area contributed by atoms with Crippen LogP contribution in [0.2, 0.25) is 10.0 Å². The first-order chi connectivity index (χ1) is 17.3. The van der Waals surface area contributed by atoms with Gasteiger partial charge in [0, 0.05) is 40.7 Å². The maximum atomic E-state index is 14.2. The number of carbonyl (C=O) groups is 1. The Kier molecular flexibility index (Phi) is 7.46. The molecule has 0 spiro atoms. The number of hydrogen-bond acceptors (Lipinski definition) is 5. The Morgan fingerprint density at radius 1 is 1.22 bits per heavy atom. The molecule has 0 radical (unpaired) electrons. The maximum absolute atomic E-state index is 14.2. The molecule has 0 aromatic heterocycles. The summed E-state index contributed by atoms with van der Waals surface area (Å²) in [6, 6.07) is 7.90. The minimum atomic E-state index is -4.84. The highest BCUT2D eigenvalue weighted by atomic mass is 35.5. The van der Waals surface area contributed by atoms with Gasteiger partial charge in [-0.15, -0.1) is 0 Å². The lowest BCUT2D eigenvalue weighted by atomic mass is 9.86. The van der Waals surface area contributed by atoms with Crippen LogP contribution in [0.5, 0.6) is 0 Å². The summed E-state index contributed by atoms with van der Waals surface area (Å²) in [6.45, 7) is -0.341. The van der Waals surface area contributed by atoms with Crippen LogP contribution < -0.4 is 5.32 Å². The number of halogens is 7. The number of benzene rings is 2. The summed E-state index contributed by atoms with van der Waals surface area (Å²) in [5.74, 6) is -0.552. The van der Waals surface area contributed by atoms with Crippen molar-refractivity contribution in [3.05, 3.63) is 68.7 Å². The minimum Gasteiger partial charge on any atom is -0.376 e. The van der Waals surface area contributed by atoms with Crippen LogP contribution >= 0.6 is 23.2 Å². The average Bonchev–Trinajstić information content (AvgIpc) is 3.27. The normalized spacial score (nSPS) is 22.1. The van der Waals surface area contributed by atoms with Gasteiger partial charge in [0.15, 0.2) is 5.67 Å². The molecule has 2 N–H and O–H groups in total. The minimum absolute atomic E-state index is 0.0132. The Labute approximate surface area is 219 Å². The second-order valence-corrected chi connectivity index (χ2v) is 10.1. The summed E-state index contributed by atoms with van der Waals surface area (Å²) in [4.78, 5) is 18.9. The van der Waals surface area contributed by atoms with Gasteiger partial charge in [0.25, 0.3) is 11.5 Å². The highest BCUT2D eigenvalue weighted by molar-refractivity contribution is 6.34. The van der Waals surface area contributed by atoms with Crippen LogP contribution in [0.1, 0.15) is 33.5 Å². The molecule has 2 heterocycles. The van der Waals surface area contributed by atoms with Gasteiger partial charge in [-0.2, -0.15) is 13.2 Å². The van der Waals surface area contributed by atoms with Gasteiger partial charge in [-0.05, 0) is 48.4 Å². The third kappa shape index (κ3) is 5.41. The predicted molar refractivity (Wildman–Crippen MR) is 127 cm³/mol. The van der Waals surface area contributed by atoms with E-state index in [-0.39, 0.29) is 46.5 Å². The van der Waals surface area contributed by atoms with E-state index in [2.05, 4.69) is 10.5 Å². The van der Waals surface area contributed by atoms with Gasteiger partial charge < -0.3 is 15.3 Å². The molecular formula is C24H22Cl2F5N3O3. The summed E-state index contributed by atoms with van der Waals surface area (Å²) >= 11 is 11.8. The van der Waals surface area contributed by atoms with Crippen LogP contribution in [0.4, 0.5) is 22.0 Å². The zero-order valence-electron chi connectivity index (χ0n) is 19.4. The number of nitrogens with zero attached hydrogens (tertiary/aromatic N) is 2. The quantitative estimate of drug-likeness (QED) is 0.467. The van der Waals surface area contributed by atoms with Crippen molar-refractivity contribution in [1.82, 2.24) is 10.2 Å². The third-order valence-corrected chi connectivity index (χ3v) is 6.83. The summed E-state index contributed by atoms with van der Waals surface area (Å²) < 4.78 is 68.8. The molecule has 2 atom stereocenters. The number of likely N-dealkylation sites (tertiary alicyclic amines) is 1. The molecule has 0 aliphatic carbocycles. The first kappa shape index (κ1) is 27.6. The largest absolute Gasteiger partial charge is 0.435 e. The number of alkyl halides is 5. The lowest BCUT2D eigenvalue weighted by molar-refractivity contribution is -0.275. The number of hydrogen-bond donors (Lipinski definition) is 2. The fourth-order valence-electron chi connectivity index (χ4n) is 4.33. The molecule has 2 aromatic rings. The van der Waals surface area contributed by atoms with E-state index >= 15 is 0 Å². The van der Waals surface area contributed by atoms with Crippen LogP contribution in [0.25, 0.3) is 0 Å². The highest BCUT2D eigenvalue weighted by Gasteiger charge is 2.62. The molecule has 2 unspecified atom stereocenters. The maximum Gasteiger partial charge on any atom is 0.435 e. The van der Waals surface area contributed by atoms with Crippen LogP contribution in [0.15, 0.2) is 41.6 Å². The van der Waals surface area contributed by atoms with Crippen molar-refractivity contribution in [1.29, 1.82) is 0 Å². The zero-order valence-corrected chi connectivity index (χ0v) is 20.9. The highest BCUT2D eigenvalue weighted by Crippen LogP contribution is 2.49. The summed E-state index contributed by atoms with van der Waals surface area (Å²) in [5, 5.41) is 16.3. The van der Waals surface area contributed by atoms with Gasteiger partial charge in [-0.25, -0.2) is 8.78 Å². The van der Waals surface area contributed by atoms with Gasteiger partial charge in [0.05, 0.1) is 12.3 Å². The number of oxime groups is 1. The topological polar surface area (TPSA) is 74.2 Å². The van der Waals surface area contributed by atoms with Crippen molar-refractivity contribution in [2.45, 2.75) is 37.0 Å². The summed E-state index contributed by atoms with van der Waals surface area (Å²) in [7, 11) is 0. The van der Waals surface area contributed by atoms with Crippen LogP contribution in [0, 0.1) is 6.92 Å². The molecule has 2 aliphatic rings. The molecule has 0 bridgehead atoms. The number of aliphatic hydroxyl groups excluding tert-OH is 1. The number of rotatable bonds is 7. The van der Waals surface area contributed by atoms with Crippen molar-refractivity contribution in [3.8, 4) is 0 Å². The molecule has 0 saturated carbocycles. The smallest absolute Gasteiger partial charge is 0.376 e. The van der Waals surface area contributed by atoms with Gasteiger partial charge in [-0.1, -0.05) is 34.4 Å². The molecule has 13 heteroatoms. The second kappa shape index (κ2) is 10.0. The van der Waals surface area contributed by atoms with Gasteiger partial charge >= 0.3 is 6.18 Å². The Balaban J connectivity index is 1.46. The van der Waals surface area contributed by atoms with E-state index in [0.29, 0.717) is 11.1 Å². The van der Waals surface area contributed by atoms with E-state index in [4.69, 9.17) is 28.0 Å². The average molecular weight is 566 g/mol. The lowest BCUT2D eigenvalue weighted by Crippen LogP contribution is -2.65. The van der Waals surface area contributed by atoms with E-state index in [1.54, 1.807) is 6.92 Å². The molecule has 1 saturated heterocycles. The molecule has 1 amide bonds. The van der Waals surface area contributed by atoms with E-state index in [0.717, 1.165) is 12.1 Å². The number of nitrogens with one attached hydrogen (secondary N) is 1. The number of aliphatic hydroxyl groups is 1. The molecule has 6 nitrogen and oxygen atoms in total. The summed E-state index contributed by atoms with van der Waals surface area (Å²) in [5.41, 5.74) is -4.07. The molecule has 1 fully saturated rings. The number of aryl methyl sites for hydroxylation is 1. The number of carbonyl (C=O) groups excluding carboxylic acids is 1. The summed E-state index contributed by atoms with van der Waals surface area (Å²) in [6.07, 6.45) is -6.68. The number of amides is 1. The Morgan fingerprint density at radius 3 is 2.43 bits per heavy atom. The van der Waals surface area contributed by atoms with Crippen molar-refractivity contribution < 1.29 is 36.7 Å². The van der Waals surface area contributed by atoms with Gasteiger partial charge in [0.1, 0.15) is 12.9 Å². The van der Waals surface area contributed by atoms with E-state index in [9.17, 15) is 31.9 Å². The SMILES string of the molecule is Cc1cc(C2=NOC(c3cc(Cl)cc(Cl)c3)(C(F)(F)F)C2)ccc1C(=O)NCC(O)N1CC(F)(CF)C1. The Bertz CT molecular complexity index is 1220. The van der Waals surface area contributed by atoms with Crippen LogP contribution in [0.3, 0.4) is 0 Å². The molecule has 37 heavy (non-hydrogen) atoms. The molecule has 4 rings (SSSR count). The van der Waals surface area contributed by atoms with E-state index in [1.165, 1.54) is 29.2 Å². The van der Waals surface area contributed by atoms with E-state index in [1.807, 2.05) is 0 Å². The Morgan fingerprint density at radius 2 is 1.86 bits per heavy atom. The fraction of sp³-hybridized carbons (Fsp3) is 0.417. The predicted octanol–water partition coefficient (Wildman–Crippen LogP) is 4.93. The molecule has 200 valence electrons. The van der Waals surface area contributed by atoms with Crippen molar-refractivity contribution in [2.75, 3.05) is 26.3 Å². The molecule has 2 aromatic carbocycles. The van der Waals surface area contributed by atoms with Crippen LogP contribution in [-0.4, -0.2) is 66.0 Å². The van der Waals surface area contributed by atoms with Gasteiger partial charge in [0.2, 0.25) is 0 Å². The standard InChI is InChI=1S/C24H22Cl2F5N3O3/c1-13-4-14(2-3-18(13)21(36)32-9-20(35)34-11-22(28,10-27)12-34)19-8-23(37-33-19,24(29,30)31)15-5-16(25)7-17(26)6-15/h2-7,20,35H,8-12H2,1H3,(H,32,36).